The Kier molecular flexibility index (Phi) is 3.90. The van der Waals surface area contributed by atoms with E-state index in [0.29, 0.717) is 36.0 Å². The molecule has 6 heteroatoms. The van der Waals surface area contributed by atoms with E-state index in [9.17, 15) is 9.59 Å². The minimum atomic E-state index is -0.383. The lowest BCUT2D eigenvalue weighted by Crippen LogP contribution is -2.30. The molecule has 0 bridgehead atoms. The lowest BCUT2D eigenvalue weighted by molar-refractivity contribution is -0.128. The van der Waals surface area contributed by atoms with Gasteiger partial charge in [-0.05, 0) is 18.9 Å². The van der Waals surface area contributed by atoms with E-state index in [4.69, 9.17) is 10.3 Å². The molecule has 0 aliphatic carbocycles. The number of carbonyl (C=O) groups excluding carboxylic acids is 2. The molecule has 19 heavy (non-hydrogen) atoms. The van der Waals surface area contributed by atoms with E-state index in [-0.39, 0.29) is 11.8 Å². The highest BCUT2D eigenvalue weighted by Gasteiger charge is 2.29. The quantitative estimate of drug-likeness (QED) is 0.482. The van der Waals surface area contributed by atoms with Gasteiger partial charge in [-0.3, -0.25) is 15.0 Å². The monoisotopic (exact) mass is 265 g/mol. The highest BCUT2D eigenvalue weighted by molar-refractivity contribution is 5.94. The average Bonchev–Trinajstić information content (AvgIpc) is 2.93. The van der Waals surface area contributed by atoms with Gasteiger partial charge in [0.05, 0.1) is 12.1 Å². The summed E-state index contributed by atoms with van der Waals surface area (Å²) in [5.74, 6) is 6.41. The second kappa shape index (κ2) is 5.44. The molecule has 3 N–H and O–H groups in total. The molecular weight excluding hydrogens is 246 g/mol. The van der Waals surface area contributed by atoms with Crippen molar-refractivity contribution in [1.29, 1.82) is 0 Å². The first-order valence-electron chi connectivity index (χ1n) is 6.43. The number of nitrogen functional groups attached to an aromatic ring is 1. The first-order chi connectivity index (χ1) is 9.05. The van der Waals surface area contributed by atoms with Crippen LogP contribution in [0.3, 0.4) is 0 Å². The Hall–Kier alpha value is -1.82. The van der Waals surface area contributed by atoms with Gasteiger partial charge in [-0.1, -0.05) is 13.3 Å². The van der Waals surface area contributed by atoms with Gasteiger partial charge in [-0.15, -0.1) is 0 Å². The number of carbonyl (C=O) groups is 2. The Balaban J connectivity index is 2.08. The number of hydrogen-bond acceptors (Lipinski definition) is 4. The summed E-state index contributed by atoms with van der Waals surface area (Å²) >= 11 is 0. The van der Waals surface area contributed by atoms with Crippen LogP contribution in [0.2, 0.25) is 0 Å². The number of likely N-dealkylation sites (tertiary alicyclic amines) is 1. The molecule has 1 atom stereocenters. The number of hydrazine groups is 1. The number of aryl methyl sites for hydroxylation is 1. The van der Waals surface area contributed by atoms with Crippen LogP contribution in [-0.2, 0) is 11.3 Å². The zero-order valence-corrected chi connectivity index (χ0v) is 11.2. The standard InChI is InChI=1S/C13H19N3O3/c1-3-9-4-12(17)16(6-9)7-10-5-11(8(2)19-10)13(18)15-14/h5,9H,3-4,6-7,14H2,1-2H3,(H,15,18). The van der Waals surface area contributed by atoms with Crippen LogP contribution < -0.4 is 11.3 Å². The van der Waals surface area contributed by atoms with E-state index >= 15 is 0 Å². The maximum Gasteiger partial charge on any atom is 0.268 e. The summed E-state index contributed by atoms with van der Waals surface area (Å²) in [6.45, 7) is 4.96. The number of nitrogens with zero attached hydrogens (tertiary/aromatic N) is 1. The second-order valence-corrected chi connectivity index (χ2v) is 4.91. The molecule has 1 aliphatic heterocycles. The predicted octanol–water partition coefficient (Wildman–Crippen LogP) is 0.950. The fourth-order valence-corrected chi connectivity index (χ4v) is 2.39. The van der Waals surface area contributed by atoms with E-state index in [1.807, 2.05) is 0 Å². The van der Waals surface area contributed by atoms with Gasteiger partial charge in [-0.25, -0.2) is 5.84 Å². The van der Waals surface area contributed by atoms with Crippen molar-refractivity contribution in [2.75, 3.05) is 6.54 Å². The molecule has 0 spiro atoms. The van der Waals surface area contributed by atoms with Gasteiger partial charge >= 0.3 is 0 Å². The van der Waals surface area contributed by atoms with E-state index in [1.54, 1.807) is 17.9 Å². The highest BCUT2D eigenvalue weighted by atomic mass is 16.3. The molecule has 1 fully saturated rings. The van der Waals surface area contributed by atoms with Gasteiger partial charge in [0.15, 0.2) is 0 Å². The smallest absolute Gasteiger partial charge is 0.268 e. The van der Waals surface area contributed by atoms with Gasteiger partial charge in [0.1, 0.15) is 11.5 Å². The van der Waals surface area contributed by atoms with Crippen LogP contribution in [0.5, 0.6) is 0 Å². The van der Waals surface area contributed by atoms with Gasteiger partial charge in [0.2, 0.25) is 5.91 Å². The summed E-state index contributed by atoms with van der Waals surface area (Å²) in [5.41, 5.74) is 2.49. The Bertz CT molecular complexity index is 495. The zero-order chi connectivity index (χ0) is 14.0. The van der Waals surface area contributed by atoms with Crippen molar-refractivity contribution in [2.24, 2.45) is 11.8 Å². The lowest BCUT2D eigenvalue weighted by atomic mass is 10.1. The largest absolute Gasteiger partial charge is 0.464 e. The van der Waals surface area contributed by atoms with Crippen molar-refractivity contribution in [1.82, 2.24) is 10.3 Å². The molecule has 1 unspecified atom stereocenters. The van der Waals surface area contributed by atoms with E-state index in [2.05, 4.69) is 12.3 Å². The van der Waals surface area contributed by atoms with Crippen molar-refractivity contribution >= 4 is 11.8 Å². The summed E-state index contributed by atoms with van der Waals surface area (Å²) in [4.78, 5) is 25.1. The van der Waals surface area contributed by atoms with E-state index < -0.39 is 0 Å². The number of amides is 2. The molecule has 6 nitrogen and oxygen atoms in total. The average molecular weight is 265 g/mol. The zero-order valence-electron chi connectivity index (χ0n) is 11.2. The van der Waals surface area contributed by atoms with Gasteiger partial charge in [0, 0.05) is 13.0 Å². The first-order valence-corrected chi connectivity index (χ1v) is 6.43. The third-order valence-corrected chi connectivity index (χ3v) is 3.56. The lowest BCUT2D eigenvalue weighted by Gasteiger charge is -2.14. The first kappa shape index (κ1) is 13.6. The summed E-state index contributed by atoms with van der Waals surface area (Å²) in [7, 11) is 0. The SMILES string of the molecule is CCC1CC(=O)N(Cc2cc(C(=O)NN)c(C)o2)C1. The fourth-order valence-electron chi connectivity index (χ4n) is 2.39. The van der Waals surface area contributed by atoms with Crippen molar-refractivity contribution in [3.8, 4) is 0 Å². The van der Waals surface area contributed by atoms with Crippen LogP contribution in [-0.4, -0.2) is 23.3 Å². The fraction of sp³-hybridized carbons (Fsp3) is 0.538. The molecule has 1 aromatic heterocycles. The normalized spacial score (nSPS) is 19.0. The van der Waals surface area contributed by atoms with Gasteiger partial charge < -0.3 is 9.32 Å². The molecule has 1 saturated heterocycles. The summed E-state index contributed by atoms with van der Waals surface area (Å²) in [5, 5.41) is 0. The molecule has 104 valence electrons. The van der Waals surface area contributed by atoms with Crippen molar-refractivity contribution in [3.63, 3.8) is 0 Å². The summed E-state index contributed by atoms with van der Waals surface area (Å²) in [6.07, 6.45) is 1.60. The number of nitrogens with one attached hydrogen (secondary N) is 1. The molecule has 0 radical (unpaired) electrons. The highest BCUT2D eigenvalue weighted by Crippen LogP contribution is 2.24. The molecule has 2 heterocycles. The van der Waals surface area contributed by atoms with Crippen LogP contribution in [0.4, 0.5) is 0 Å². The maximum atomic E-state index is 11.8. The van der Waals surface area contributed by atoms with Crippen LogP contribution in [0, 0.1) is 12.8 Å². The van der Waals surface area contributed by atoms with Crippen LogP contribution in [0.25, 0.3) is 0 Å². The Labute approximate surface area is 111 Å². The van der Waals surface area contributed by atoms with E-state index in [1.165, 1.54) is 0 Å². The predicted molar refractivity (Wildman–Crippen MR) is 68.9 cm³/mol. The van der Waals surface area contributed by atoms with Crippen LogP contribution >= 0.6 is 0 Å². The Morgan fingerprint density at radius 2 is 2.37 bits per heavy atom. The molecule has 0 saturated carbocycles. The topological polar surface area (TPSA) is 88.6 Å². The molecule has 2 rings (SSSR count). The molecule has 1 aromatic rings. The minimum absolute atomic E-state index is 0.144. The molecule has 1 aliphatic rings. The Morgan fingerprint density at radius 1 is 1.63 bits per heavy atom. The minimum Gasteiger partial charge on any atom is -0.464 e. The summed E-state index contributed by atoms with van der Waals surface area (Å²) < 4.78 is 5.51. The molecular formula is C13H19N3O3. The molecule has 0 aromatic carbocycles. The number of furan rings is 1. The van der Waals surface area contributed by atoms with Gasteiger partial charge in [0.25, 0.3) is 5.91 Å². The van der Waals surface area contributed by atoms with Crippen LogP contribution in [0.1, 0.15) is 41.6 Å². The Morgan fingerprint density at radius 3 is 2.95 bits per heavy atom. The van der Waals surface area contributed by atoms with Crippen molar-refractivity contribution in [2.45, 2.75) is 33.2 Å². The third kappa shape index (κ3) is 2.78. The number of rotatable bonds is 4. The second-order valence-electron chi connectivity index (χ2n) is 4.91. The van der Waals surface area contributed by atoms with Crippen LogP contribution in [0.15, 0.2) is 10.5 Å². The number of hydrogen-bond donors (Lipinski definition) is 2. The number of nitrogens with two attached hydrogens (primary N) is 1. The summed E-state index contributed by atoms with van der Waals surface area (Å²) in [6, 6.07) is 1.64. The van der Waals surface area contributed by atoms with Crippen molar-refractivity contribution < 1.29 is 14.0 Å². The van der Waals surface area contributed by atoms with Crippen molar-refractivity contribution in [3.05, 3.63) is 23.2 Å². The van der Waals surface area contributed by atoms with Gasteiger partial charge in [-0.2, -0.15) is 0 Å². The van der Waals surface area contributed by atoms with E-state index in [0.717, 1.165) is 13.0 Å². The molecule has 2 amide bonds. The maximum absolute atomic E-state index is 11.8. The third-order valence-electron chi connectivity index (χ3n) is 3.56.